The monoisotopic (exact) mass is 413 g/mol. The van der Waals surface area contributed by atoms with Gasteiger partial charge in [-0.1, -0.05) is 36.4 Å². The number of methoxy groups -OCH3 is 1. The molecule has 2 aromatic rings. The van der Waals surface area contributed by atoms with Crippen molar-refractivity contribution in [1.82, 2.24) is 4.90 Å². The molecule has 1 saturated heterocycles. The minimum atomic E-state index is 0.00155. The van der Waals surface area contributed by atoms with Gasteiger partial charge in [0.05, 0.1) is 12.8 Å². The van der Waals surface area contributed by atoms with Crippen molar-refractivity contribution in [3.8, 4) is 12.0 Å². The Labute approximate surface area is 185 Å². The van der Waals surface area contributed by atoms with Crippen molar-refractivity contribution < 1.29 is 4.74 Å². The average molecular weight is 414 g/mol. The molecule has 4 heteroatoms. The number of anilines is 1. The van der Waals surface area contributed by atoms with E-state index in [0.717, 1.165) is 31.6 Å². The fourth-order valence-corrected chi connectivity index (χ4v) is 5.55. The zero-order valence-electron chi connectivity index (χ0n) is 18.6. The summed E-state index contributed by atoms with van der Waals surface area (Å²) in [7, 11) is 3.88. The van der Waals surface area contributed by atoms with Crippen LogP contribution in [0.4, 0.5) is 11.4 Å². The predicted molar refractivity (Wildman–Crippen MR) is 127 cm³/mol. The Morgan fingerprint density at radius 1 is 1.13 bits per heavy atom. The van der Waals surface area contributed by atoms with Gasteiger partial charge in [-0.05, 0) is 68.2 Å². The van der Waals surface area contributed by atoms with Crippen molar-refractivity contribution in [2.75, 3.05) is 32.1 Å². The van der Waals surface area contributed by atoms with E-state index < -0.39 is 0 Å². The van der Waals surface area contributed by atoms with Gasteiger partial charge in [-0.3, -0.25) is 9.89 Å². The number of aryl methyl sites for hydroxylation is 1. The Morgan fingerprint density at radius 2 is 1.94 bits per heavy atom. The molecule has 1 spiro atoms. The molecule has 1 aliphatic carbocycles. The number of benzene rings is 2. The van der Waals surface area contributed by atoms with E-state index in [0.29, 0.717) is 11.5 Å². The molecule has 2 fully saturated rings. The van der Waals surface area contributed by atoms with Crippen molar-refractivity contribution in [3.05, 3.63) is 59.7 Å². The smallest absolute Gasteiger partial charge is 0.111 e. The number of hydrogen-bond donors (Lipinski definition) is 0. The van der Waals surface area contributed by atoms with Gasteiger partial charge in [-0.15, -0.1) is 0 Å². The normalized spacial score (nSPS) is 21.9. The quantitative estimate of drug-likeness (QED) is 0.662. The standard InChI is InChI=1S/C27H31N3O/c1-29(24(13-19-31-2)23-12-6-8-21-9-7-16-28-26(21)23)25-20-27(25)14-17-30(18-15-27)22-10-4-3-5-11-22/h3-6,8,10-12,16,24-25H,7,9,14-15,17-18,20H2,1-2H3. The summed E-state index contributed by atoms with van der Waals surface area (Å²) in [6, 6.07) is 17.9. The Hall–Kier alpha value is -2.77. The Morgan fingerprint density at radius 3 is 2.71 bits per heavy atom. The number of ether oxygens (including phenoxy) is 1. The highest BCUT2D eigenvalue weighted by Crippen LogP contribution is 2.58. The van der Waals surface area contributed by atoms with Crippen LogP contribution in [0.1, 0.15) is 42.9 Å². The molecule has 31 heavy (non-hydrogen) atoms. The lowest BCUT2D eigenvalue weighted by Crippen LogP contribution is -2.38. The van der Waals surface area contributed by atoms with Gasteiger partial charge in [-0.25, -0.2) is 0 Å². The molecule has 2 unspecified atom stereocenters. The predicted octanol–water partition coefficient (Wildman–Crippen LogP) is 4.97. The molecule has 2 aromatic carbocycles. The first-order chi connectivity index (χ1) is 15.2. The molecular weight excluding hydrogens is 382 g/mol. The zero-order valence-corrected chi connectivity index (χ0v) is 18.6. The molecule has 0 aromatic heterocycles. The maximum absolute atomic E-state index is 5.16. The van der Waals surface area contributed by atoms with Gasteiger partial charge in [0, 0.05) is 36.6 Å². The van der Waals surface area contributed by atoms with Crippen LogP contribution < -0.4 is 4.90 Å². The summed E-state index contributed by atoms with van der Waals surface area (Å²) in [5.41, 5.74) is 5.43. The van der Waals surface area contributed by atoms with E-state index in [4.69, 9.17) is 9.73 Å². The average Bonchev–Trinajstić information content (AvgIpc) is 3.53. The van der Waals surface area contributed by atoms with E-state index in [1.54, 1.807) is 7.11 Å². The van der Waals surface area contributed by atoms with Crippen LogP contribution in [-0.4, -0.2) is 44.4 Å². The number of hydrogen-bond acceptors (Lipinski definition) is 4. The summed E-state index contributed by atoms with van der Waals surface area (Å²) < 4.78 is 5.16. The zero-order chi connectivity index (χ0) is 21.3. The molecule has 0 amide bonds. The molecule has 0 radical (unpaired) electrons. The molecule has 2 heterocycles. The Kier molecular flexibility index (Phi) is 5.46. The maximum Gasteiger partial charge on any atom is 0.111 e. The second-order valence-electron chi connectivity index (χ2n) is 9.13. The molecule has 0 N–H and O–H groups in total. The summed E-state index contributed by atoms with van der Waals surface area (Å²) in [6.07, 6.45) is 10.8. The highest BCUT2D eigenvalue weighted by atomic mass is 16.5. The maximum atomic E-state index is 5.16. The van der Waals surface area contributed by atoms with E-state index in [1.165, 1.54) is 36.1 Å². The molecular formula is C27H31N3O. The third kappa shape index (κ3) is 3.83. The topological polar surface area (TPSA) is 28.1 Å². The van der Waals surface area contributed by atoms with Gasteiger partial charge in [0.1, 0.15) is 12.1 Å². The lowest BCUT2D eigenvalue weighted by atomic mass is 9.91. The molecule has 0 bridgehead atoms. The Bertz CT molecular complexity index is 1010. The van der Waals surface area contributed by atoms with Crippen molar-refractivity contribution in [3.63, 3.8) is 0 Å². The van der Waals surface area contributed by atoms with Crippen molar-refractivity contribution in [1.29, 1.82) is 0 Å². The SMILES string of the molecule is COC#CC(c1cccc2c1N=CCC2)N(C)C1CC12CCN(c1ccccc1)CC2. The Balaban J connectivity index is 1.34. The molecule has 3 aliphatic rings. The number of fused-ring (bicyclic) bond motifs is 1. The first-order valence-electron chi connectivity index (χ1n) is 11.4. The van der Waals surface area contributed by atoms with Crippen LogP contribution in [0.3, 0.4) is 0 Å². The van der Waals surface area contributed by atoms with Crippen LogP contribution in [0.15, 0.2) is 53.5 Å². The third-order valence-electron chi connectivity index (χ3n) is 7.43. The van der Waals surface area contributed by atoms with Crippen LogP contribution in [-0.2, 0) is 11.2 Å². The van der Waals surface area contributed by atoms with Crippen LogP contribution in [0.25, 0.3) is 0 Å². The highest BCUT2D eigenvalue weighted by Gasteiger charge is 2.57. The minimum absolute atomic E-state index is 0.00155. The van der Waals surface area contributed by atoms with Gasteiger partial charge < -0.3 is 9.64 Å². The number of para-hydroxylation sites is 2. The highest BCUT2D eigenvalue weighted by molar-refractivity contribution is 5.71. The summed E-state index contributed by atoms with van der Waals surface area (Å²) in [5.74, 6) is 3.38. The molecule has 160 valence electrons. The van der Waals surface area contributed by atoms with Crippen molar-refractivity contribution >= 4 is 17.6 Å². The van der Waals surface area contributed by atoms with Crippen LogP contribution in [0.5, 0.6) is 0 Å². The largest absolute Gasteiger partial charge is 0.450 e. The van der Waals surface area contributed by atoms with Gasteiger partial charge in [0.2, 0.25) is 0 Å². The lowest BCUT2D eigenvalue weighted by molar-refractivity contribution is 0.218. The van der Waals surface area contributed by atoms with E-state index in [-0.39, 0.29) is 6.04 Å². The van der Waals surface area contributed by atoms with Crippen molar-refractivity contribution in [2.45, 2.75) is 44.2 Å². The second-order valence-corrected chi connectivity index (χ2v) is 9.13. The minimum Gasteiger partial charge on any atom is -0.450 e. The third-order valence-corrected chi connectivity index (χ3v) is 7.43. The fourth-order valence-electron chi connectivity index (χ4n) is 5.55. The number of piperidine rings is 1. The van der Waals surface area contributed by atoms with Gasteiger partial charge in [0.25, 0.3) is 0 Å². The van der Waals surface area contributed by atoms with Gasteiger partial charge in [-0.2, -0.15) is 0 Å². The summed E-state index contributed by atoms with van der Waals surface area (Å²) >= 11 is 0. The molecule has 5 rings (SSSR count). The molecule has 2 aliphatic heterocycles. The summed E-state index contributed by atoms with van der Waals surface area (Å²) in [4.78, 5) is 9.79. The van der Waals surface area contributed by atoms with Crippen LogP contribution in [0, 0.1) is 17.4 Å². The molecule has 2 atom stereocenters. The lowest BCUT2D eigenvalue weighted by Gasteiger charge is -2.36. The van der Waals surface area contributed by atoms with Crippen molar-refractivity contribution in [2.24, 2.45) is 10.4 Å². The van der Waals surface area contributed by atoms with E-state index in [9.17, 15) is 0 Å². The number of aliphatic imine (C=N–C) groups is 1. The van der Waals surface area contributed by atoms with E-state index in [2.05, 4.69) is 77.4 Å². The van der Waals surface area contributed by atoms with Crippen LogP contribution >= 0.6 is 0 Å². The molecule has 1 saturated carbocycles. The summed E-state index contributed by atoms with van der Waals surface area (Å²) in [6.45, 7) is 2.27. The van der Waals surface area contributed by atoms with E-state index in [1.807, 2.05) is 6.21 Å². The summed E-state index contributed by atoms with van der Waals surface area (Å²) in [5, 5.41) is 0. The number of rotatable bonds is 4. The first-order valence-corrected chi connectivity index (χ1v) is 11.4. The first kappa shape index (κ1) is 20.2. The van der Waals surface area contributed by atoms with Gasteiger partial charge in [0.15, 0.2) is 0 Å². The van der Waals surface area contributed by atoms with E-state index >= 15 is 0 Å². The van der Waals surface area contributed by atoms with Crippen LogP contribution in [0.2, 0.25) is 0 Å². The fraction of sp³-hybridized carbons (Fsp3) is 0.444. The molecule has 4 nitrogen and oxygen atoms in total. The number of nitrogens with zero attached hydrogens (tertiary/aromatic N) is 3. The van der Waals surface area contributed by atoms with Gasteiger partial charge >= 0.3 is 0 Å². The second kappa shape index (κ2) is 8.40.